The predicted molar refractivity (Wildman–Crippen MR) is 50.9 cm³/mol. The highest BCUT2D eigenvalue weighted by Gasteiger charge is 2.30. The van der Waals surface area contributed by atoms with Crippen LogP contribution in [0.4, 0.5) is 13.2 Å². The summed E-state index contributed by atoms with van der Waals surface area (Å²) < 4.78 is 47.7. The van der Waals surface area contributed by atoms with E-state index in [4.69, 9.17) is 0 Å². The standard InChI is InChI=1S/C9H9F3OS/c1-14(2,13)8-5-3-7(4-6-8)9(10,11)12/h3-6H,1H2,2H3. The van der Waals surface area contributed by atoms with Crippen molar-refractivity contribution < 1.29 is 17.4 Å². The molecule has 0 aliphatic carbocycles. The van der Waals surface area contributed by atoms with Gasteiger partial charge in [-0.15, -0.1) is 0 Å². The van der Waals surface area contributed by atoms with Gasteiger partial charge in [-0.25, -0.2) is 0 Å². The van der Waals surface area contributed by atoms with E-state index in [1.807, 2.05) is 0 Å². The molecule has 1 unspecified atom stereocenters. The van der Waals surface area contributed by atoms with Gasteiger partial charge in [-0.3, -0.25) is 4.21 Å². The van der Waals surface area contributed by atoms with Gasteiger partial charge in [0.15, 0.2) is 0 Å². The fraction of sp³-hybridized carbons (Fsp3) is 0.222. The van der Waals surface area contributed by atoms with Gasteiger partial charge >= 0.3 is 6.18 Å². The molecule has 0 saturated carbocycles. The molecule has 0 radical (unpaired) electrons. The Morgan fingerprint density at radius 3 is 1.93 bits per heavy atom. The van der Waals surface area contributed by atoms with Crippen molar-refractivity contribution in [3.05, 3.63) is 29.8 Å². The number of halogens is 3. The van der Waals surface area contributed by atoms with Crippen molar-refractivity contribution in [1.82, 2.24) is 0 Å². The van der Waals surface area contributed by atoms with Crippen LogP contribution in [-0.2, 0) is 15.7 Å². The third kappa shape index (κ3) is 2.51. The fourth-order valence-corrected chi connectivity index (χ4v) is 1.64. The van der Waals surface area contributed by atoms with Crippen LogP contribution < -0.4 is 0 Å². The summed E-state index contributed by atoms with van der Waals surface area (Å²) in [5.41, 5.74) is -0.745. The van der Waals surface area contributed by atoms with E-state index in [0.717, 1.165) is 12.1 Å². The van der Waals surface area contributed by atoms with E-state index in [2.05, 4.69) is 5.87 Å². The zero-order valence-electron chi connectivity index (χ0n) is 7.47. The summed E-state index contributed by atoms with van der Waals surface area (Å²) in [6, 6.07) is 4.20. The zero-order chi connectivity index (χ0) is 11.0. The van der Waals surface area contributed by atoms with E-state index < -0.39 is 21.3 Å². The summed E-state index contributed by atoms with van der Waals surface area (Å²) in [7, 11) is -2.43. The van der Waals surface area contributed by atoms with Crippen LogP contribution in [0.3, 0.4) is 0 Å². The molecule has 78 valence electrons. The van der Waals surface area contributed by atoms with Gasteiger partial charge in [0.1, 0.15) is 0 Å². The monoisotopic (exact) mass is 222 g/mol. The van der Waals surface area contributed by atoms with Crippen molar-refractivity contribution in [1.29, 1.82) is 0 Å². The molecule has 0 spiro atoms. The molecule has 1 rings (SSSR count). The fourth-order valence-electron chi connectivity index (χ4n) is 0.932. The van der Waals surface area contributed by atoms with E-state index >= 15 is 0 Å². The van der Waals surface area contributed by atoms with Gasteiger partial charge in [0.05, 0.1) is 5.56 Å². The summed E-state index contributed by atoms with van der Waals surface area (Å²) in [4.78, 5) is 0.325. The third-order valence-electron chi connectivity index (χ3n) is 1.68. The Bertz CT molecular complexity index is 414. The predicted octanol–water partition coefficient (Wildman–Crippen LogP) is 2.41. The molecule has 5 heteroatoms. The van der Waals surface area contributed by atoms with Crippen molar-refractivity contribution >= 4 is 15.4 Å². The molecule has 0 amide bonds. The van der Waals surface area contributed by atoms with Crippen molar-refractivity contribution in [2.45, 2.75) is 11.1 Å². The Balaban J connectivity index is 3.14. The maximum absolute atomic E-state index is 12.1. The SMILES string of the molecule is C=S(C)(=O)c1ccc(C(F)(F)F)cc1. The van der Waals surface area contributed by atoms with Gasteiger partial charge in [0.2, 0.25) is 0 Å². The number of alkyl halides is 3. The largest absolute Gasteiger partial charge is 0.416 e. The molecular formula is C9H9F3OS. The Hall–Kier alpha value is -0.970. The summed E-state index contributed by atoms with van der Waals surface area (Å²) >= 11 is 0. The lowest BCUT2D eigenvalue weighted by molar-refractivity contribution is -0.137. The van der Waals surface area contributed by atoms with E-state index in [1.54, 1.807) is 0 Å². The molecule has 1 atom stereocenters. The van der Waals surface area contributed by atoms with Crippen LogP contribution in [0.25, 0.3) is 0 Å². The lowest BCUT2D eigenvalue weighted by atomic mass is 10.2. The Kier molecular flexibility index (Phi) is 2.63. The van der Waals surface area contributed by atoms with E-state index in [9.17, 15) is 17.4 Å². The molecule has 0 bridgehead atoms. The van der Waals surface area contributed by atoms with Gasteiger partial charge in [0, 0.05) is 11.2 Å². The van der Waals surface area contributed by atoms with E-state index in [-0.39, 0.29) is 0 Å². The molecule has 1 aromatic rings. The van der Waals surface area contributed by atoms with Crippen molar-refractivity contribution in [2.75, 3.05) is 6.26 Å². The Morgan fingerprint density at radius 1 is 1.21 bits per heavy atom. The molecule has 0 aliphatic heterocycles. The second-order valence-electron chi connectivity index (χ2n) is 3.03. The van der Waals surface area contributed by atoms with Crippen LogP contribution in [0.2, 0.25) is 0 Å². The van der Waals surface area contributed by atoms with Crippen molar-refractivity contribution in [3.63, 3.8) is 0 Å². The average molecular weight is 222 g/mol. The number of hydrogen-bond acceptors (Lipinski definition) is 1. The average Bonchev–Trinajstić information content (AvgIpc) is 2.01. The molecule has 0 aromatic heterocycles. The molecule has 1 aromatic carbocycles. The summed E-state index contributed by atoms with van der Waals surface area (Å²) in [5.74, 6) is 3.38. The maximum atomic E-state index is 12.1. The molecule has 0 fully saturated rings. The minimum absolute atomic E-state index is 0.325. The molecular weight excluding hydrogens is 213 g/mol. The Labute approximate surface area is 80.6 Å². The van der Waals surface area contributed by atoms with Crippen LogP contribution in [0.1, 0.15) is 5.56 Å². The summed E-state index contributed by atoms with van der Waals surface area (Å²) in [6.45, 7) is 0. The molecule has 0 saturated heterocycles. The molecule has 14 heavy (non-hydrogen) atoms. The number of rotatable bonds is 1. The minimum atomic E-state index is -4.35. The zero-order valence-corrected chi connectivity index (χ0v) is 8.28. The normalized spacial score (nSPS) is 16.3. The van der Waals surface area contributed by atoms with Crippen molar-refractivity contribution in [2.24, 2.45) is 0 Å². The Morgan fingerprint density at radius 2 is 1.64 bits per heavy atom. The highest BCUT2D eigenvalue weighted by atomic mass is 32.2. The third-order valence-corrected chi connectivity index (χ3v) is 2.95. The summed E-state index contributed by atoms with van der Waals surface area (Å²) in [6.07, 6.45) is -2.97. The lowest BCUT2D eigenvalue weighted by Crippen LogP contribution is -2.05. The van der Waals surface area contributed by atoms with Crippen molar-refractivity contribution in [3.8, 4) is 0 Å². The maximum Gasteiger partial charge on any atom is 0.416 e. The first-order valence-electron chi connectivity index (χ1n) is 3.71. The molecule has 0 N–H and O–H groups in total. The first kappa shape index (κ1) is 11.1. The van der Waals surface area contributed by atoms with Gasteiger partial charge in [0.25, 0.3) is 0 Å². The van der Waals surface area contributed by atoms with Crippen LogP contribution >= 0.6 is 0 Å². The molecule has 0 heterocycles. The first-order valence-corrected chi connectivity index (χ1v) is 5.84. The summed E-state index contributed by atoms with van der Waals surface area (Å²) in [5, 5.41) is 0. The topological polar surface area (TPSA) is 17.1 Å². The van der Waals surface area contributed by atoms with Gasteiger partial charge < -0.3 is 0 Å². The second kappa shape index (κ2) is 3.31. The quantitative estimate of drug-likeness (QED) is 0.667. The van der Waals surface area contributed by atoms with Crippen LogP contribution in [0, 0.1) is 0 Å². The van der Waals surface area contributed by atoms with Gasteiger partial charge in [-0.2, -0.15) is 13.2 Å². The second-order valence-corrected chi connectivity index (χ2v) is 5.51. The smallest absolute Gasteiger partial charge is 0.263 e. The lowest BCUT2D eigenvalue weighted by Gasteiger charge is -2.07. The number of hydrogen-bond donors (Lipinski definition) is 0. The van der Waals surface area contributed by atoms with Crippen LogP contribution in [-0.4, -0.2) is 16.3 Å². The molecule has 1 nitrogen and oxygen atoms in total. The molecule has 0 aliphatic rings. The minimum Gasteiger partial charge on any atom is -0.263 e. The van der Waals surface area contributed by atoms with Gasteiger partial charge in [-0.05, 0) is 39.7 Å². The first-order chi connectivity index (χ1) is 6.21. The highest BCUT2D eigenvalue weighted by molar-refractivity contribution is 7.99. The van der Waals surface area contributed by atoms with Gasteiger partial charge in [-0.1, -0.05) is 0 Å². The van der Waals surface area contributed by atoms with Crippen LogP contribution in [0.15, 0.2) is 29.2 Å². The van der Waals surface area contributed by atoms with E-state index in [0.29, 0.717) is 4.90 Å². The highest BCUT2D eigenvalue weighted by Crippen LogP contribution is 2.29. The number of benzene rings is 1. The van der Waals surface area contributed by atoms with Crippen LogP contribution in [0.5, 0.6) is 0 Å². The van der Waals surface area contributed by atoms with E-state index in [1.165, 1.54) is 18.4 Å².